The molecule has 0 N–H and O–H groups in total. The zero-order chi connectivity index (χ0) is 15.2. The quantitative estimate of drug-likeness (QED) is 0.282. The summed E-state index contributed by atoms with van der Waals surface area (Å²) in [5.74, 6) is 0.111. The Bertz CT molecular complexity index is 690. The van der Waals surface area contributed by atoms with Crippen molar-refractivity contribution in [2.24, 2.45) is 0 Å². The first-order chi connectivity index (χ1) is 10.0. The van der Waals surface area contributed by atoms with E-state index in [1.807, 2.05) is 18.2 Å². The van der Waals surface area contributed by atoms with Gasteiger partial charge in [0.25, 0.3) is 5.69 Å². The molecule has 21 heavy (non-hydrogen) atoms. The maximum Gasteiger partial charge on any atom is 0.308 e. The highest BCUT2D eigenvalue weighted by molar-refractivity contribution is 5.72. The number of carbonyl (C=O) groups excluding carboxylic acids is 1. The Morgan fingerprint density at radius 3 is 2.38 bits per heavy atom. The Labute approximate surface area is 121 Å². The largest absolute Gasteiger partial charge is 0.427 e. The van der Waals surface area contributed by atoms with Crippen molar-refractivity contribution in [3.05, 3.63) is 69.8 Å². The fourth-order valence-electron chi connectivity index (χ4n) is 1.75. The molecule has 0 aliphatic rings. The lowest BCUT2D eigenvalue weighted by molar-refractivity contribution is -0.384. The number of non-ortho nitro benzene ring substituents is 1. The second kappa shape index (κ2) is 6.47. The minimum atomic E-state index is -0.434. The second-order valence-electron chi connectivity index (χ2n) is 4.35. The number of nitrogens with zero attached hydrogens (tertiary/aromatic N) is 1. The van der Waals surface area contributed by atoms with Crippen molar-refractivity contribution in [3.63, 3.8) is 0 Å². The van der Waals surface area contributed by atoms with Gasteiger partial charge in [0.1, 0.15) is 5.75 Å². The minimum Gasteiger partial charge on any atom is -0.427 e. The summed E-state index contributed by atoms with van der Waals surface area (Å²) in [5, 5.41) is 10.6. The lowest BCUT2D eigenvalue weighted by Gasteiger charge is -2.01. The van der Waals surface area contributed by atoms with Gasteiger partial charge in [-0.15, -0.1) is 0 Å². The standard InChI is InChI=1S/C16H13NO4/c1-12(18)21-16-4-2-3-14(11-16)6-5-13-7-9-15(10-8-13)17(19)20/h2-11H,1H3/b6-5+. The Hall–Kier alpha value is -2.95. The molecule has 5 heteroatoms. The van der Waals surface area contributed by atoms with Gasteiger partial charge in [-0.3, -0.25) is 14.9 Å². The van der Waals surface area contributed by atoms with Crippen molar-refractivity contribution in [2.45, 2.75) is 6.92 Å². The highest BCUT2D eigenvalue weighted by Gasteiger charge is 2.02. The Morgan fingerprint density at radius 2 is 1.76 bits per heavy atom. The molecule has 5 nitrogen and oxygen atoms in total. The number of carbonyl (C=O) groups is 1. The number of esters is 1. The van der Waals surface area contributed by atoms with E-state index < -0.39 is 4.92 Å². The van der Waals surface area contributed by atoms with E-state index in [1.165, 1.54) is 19.1 Å². The van der Waals surface area contributed by atoms with Gasteiger partial charge in [-0.05, 0) is 35.4 Å². The third kappa shape index (κ3) is 4.28. The van der Waals surface area contributed by atoms with E-state index in [0.29, 0.717) is 5.75 Å². The Balaban J connectivity index is 2.13. The van der Waals surface area contributed by atoms with Crippen LogP contribution in [0.1, 0.15) is 18.1 Å². The molecular formula is C16H13NO4. The first-order valence-electron chi connectivity index (χ1n) is 6.25. The van der Waals surface area contributed by atoms with Gasteiger partial charge in [0.15, 0.2) is 0 Å². The van der Waals surface area contributed by atoms with E-state index in [-0.39, 0.29) is 11.7 Å². The van der Waals surface area contributed by atoms with Crippen LogP contribution in [0.3, 0.4) is 0 Å². The SMILES string of the molecule is CC(=O)Oc1cccc(/C=C/c2ccc([N+](=O)[O-])cc2)c1. The molecule has 0 spiro atoms. The maximum atomic E-state index is 10.9. The molecule has 0 radical (unpaired) electrons. The number of benzene rings is 2. The molecule has 0 saturated carbocycles. The van der Waals surface area contributed by atoms with Crippen LogP contribution in [0.4, 0.5) is 5.69 Å². The van der Waals surface area contributed by atoms with Crippen molar-refractivity contribution < 1.29 is 14.5 Å². The molecule has 0 bridgehead atoms. The highest BCUT2D eigenvalue weighted by Crippen LogP contribution is 2.17. The molecule has 0 aliphatic heterocycles. The van der Waals surface area contributed by atoms with Crippen LogP contribution in [0, 0.1) is 10.1 Å². The van der Waals surface area contributed by atoms with Crippen molar-refractivity contribution in [1.82, 2.24) is 0 Å². The van der Waals surface area contributed by atoms with Crippen molar-refractivity contribution in [2.75, 3.05) is 0 Å². The van der Waals surface area contributed by atoms with Gasteiger partial charge in [-0.1, -0.05) is 24.3 Å². The van der Waals surface area contributed by atoms with Crippen LogP contribution >= 0.6 is 0 Å². The van der Waals surface area contributed by atoms with Crippen molar-refractivity contribution in [1.29, 1.82) is 0 Å². The van der Waals surface area contributed by atoms with Crippen molar-refractivity contribution >= 4 is 23.8 Å². The third-order valence-corrected chi connectivity index (χ3v) is 2.69. The van der Waals surface area contributed by atoms with Gasteiger partial charge in [-0.25, -0.2) is 0 Å². The van der Waals surface area contributed by atoms with E-state index in [4.69, 9.17) is 4.74 Å². The molecule has 0 amide bonds. The zero-order valence-electron chi connectivity index (χ0n) is 11.4. The van der Waals surface area contributed by atoms with Crippen LogP contribution in [0.25, 0.3) is 12.2 Å². The Morgan fingerprint density at radius 1 is 1.10 bits per heavy atom. The van der Waals surface area contributed by atoms with Crippen LogP contribution in [0.5, 0.6) is 5.75 Å². The molecule has 2 aromatic rings. The predicted molar refractivity (Wildman–Crippen MR) is 79.8 cm³/mol. The summed E-state index contributed by atoms with van der Waals surface area (Å²) in [6, 6.07) is 13.3. The molecule has 0 aromatic heterocycles. The molecule has 2 rings (SSSR count). The molecule has 0 unspecified atom stereocenters. The summed E-state index contributed by atoms with van der Waals surface area (Å²) in [6.07, 6.45) is 3.67. The van der Waals surface area contributed by atoms with Crippen LogP contribution in [-0.4, -0.2) is 10.9 Å². The van der Waals surface area contributed by atoms with Crippen LogP contribution in [-0.2, 0) is 4.79 Å². The smallest absolute Gasteiger partial charge is 0.308 e. The van der Waals surface area contributed by atoms with Gasteiger partial charge in [-0.2, -0.15) is 0 Å². The van der Waals surface area contributed by atoms with E-state index in [1.54, 1.807) is 30.3 Å². The fraction of sp³-hybridized carbons (Fsp3) is 0.0625. The van der Waals surface area contributed by atoms with E-state index >= 15 is 0 Å². The minimum absolute atomic E-state index is 0.0593. The molecule has 0 saturated heterocycles. The average molecular weight is 283 g/mol. The zero-order valence-corrected chi connectivity index (χ0v) is 11.4. The lowest BCUT2D eigenvalue weighted by atomic mass is 10.1. The van der Waals surface area contributed by atoms with Gasteiger partial charge < -0.3 is 4.74 Å². The predicted octanol–water partition coefficient (Wildman–Crippen LogP) is 3.69. The number of ether oxygens (including phenoxy) is 1. The van der Waals surface area contributed by atoms with E-state index in [9.17, 15) is 14.9 Å². The number of hydrogen-bond donors (Lipinski definition) is 0. The second-order valence-corrected chi connectivity index (χ2v) is 4.35. The monoisotopic (exact) mass is 283 g/mol. The summed E-state index contributed by atoms with van der Waals surface area (Å²) >= 11 is 0. The van der Waals surface area contributed by atoms with Crippen LogP contribution in [0.15, 0.2) is 48.5 Å². The summed E-state index contributed by atoms with van der Waals surface area (Å²) in [5.41, 5.74) is 1.77. The van der Waals surface area contributed by atoms with Gasteiger partial charge in [0.05, 0.1) is 4.92 Å². The Kier molecular flexibility index (Phi) is 4.46. The average Bonchev–Trinajstić information content (AvgIpc) is 2.45. The maximum absolute atomic E-state index is 10.9. The first-order valence-corrected chi connectivity index (χ1v) is 6.25. The van der Waals surface area contributed by atoms with Crippen LogP contribution < -0.4 is 4.74 Å². The molecule has 2 aromatic carbocycles. The topological polar surface area (TPSA) is 69.4 Å². The summed E-state index contributed by atoms with van der Waals surface area (Å²) in [4.78, 5) is 21.0. The fourth-order valence-corrected chi connectivity index (χ4v) is 1.75. The first kappa shape index (κ1) is 14.5. The van der Waals surface area contributed by atoms with Crippen molar-refractivity contribution in [3.8, 4) is 5.75 Å². The number of hydrogen-bond acceptors (Lipinski definition) is 4. The van der Waals surface area contributed by atoms with Gasteiger partial charge in [0.2, 0.25) is 0 Å². The number of nitro groups is 1. The normalized spacial score (nSPS) is 10.5. The summed E-state index contributed by atoms with van der Waals surface area (Å²) in [7, 11) is 0. The third-order valence-electron chi connectivity index (χ3n) is 2.69. The lowest BCUT2D eigenvalue weighted by Crippen LogP contribution is -2.00. The van der Waals surface area contributed by atoms with Gasteiger partial charge >= 0.3 is 5.97 Å². The summed E-state index contributed by atoms with van der Waals surface area (Å²) < 4.78 is 5.00. The number of rotatable bonds is 4. The number of nitro benzene ring substituents is 1. The highest BCUT2D eigenvalue weighted by atomic mass is 16.6. The van der Waals surface area contributed by atoms with E-state index in [0.717, 1.165) is 11.1 Å². The molecule has 0 fully saturated rings. The molecule has 106 valence electrons. The van der Waals surface area contributed by atoms with Crippen LogP contribution in [0.2, 0.25) is 0 Å². The van der Waals surface area contributed by atoms with E-state index in [2.05, 4.69) is 0 Å². The summed E-state index contributed by atoms with van der Waals surface area (Å²) in [6.45, 7) is 1.35. The molecular weight excluding hydrogens is 270 g/mol. The van der Waals surface area contributed by atoms with Gasteiger partial charge in [0, 0.05) is 19.1 Å². The molecule has 0 aliphatic carbocycles. The molecule has 0 atom stereocenters. The molecule has 0 heterocycles.